The van der Waals surface area contributed by atoms with Gasteiger partial charge in [0.25, 0.3) is 0 Å². The summed E-state index contributed by atoms with van der Waals surface area (Å²) < 4.78 is 5.04. The summed E-state index contributed by atoms with van der Waals surface area (Å²) in [7, 11) is 0. The van der Waals surface area contributed by atoms with Crippen molar-refractivity contribution in [2.24, 2.45) is 5.92 Å². The Hall–Kier alpha value is -1.55. The Morgan fingerprint density at radius 2 is 2.37 bits per heavy atom. The number of allylic oxidation sites excluding steroid dienone is 2. The van der Waals surface area contributed by atoms with Crippen LogP contribution >= 0.6 is 11.6 Å². The molecule has 19 heavy (non-hydrogen) atoms. The van der Waals surface area contributed by atoms with Crippen LogP contribution in [-0.4, -0.2) is 17.6 Å². The van der Waals surface area contributed by atoms with Crippen molar-refractivity contribution in [2.45, 2.75) is 26.2 Å². The summed E-state index contributed by atoms with van der Waals surface area (Å²) in [5.41, 5.74) is 8.06. The van der Waals surface area contributed by atoms with E-state index in [2.05, 4.69) is 4.98 Å². The first-order chi connectivity index (χ1) is 9.11. The molecule has 0 radical (unpaired) electrons. The molecule has 0 amide bonds. The number of aromatic nitrogens is 1. The Bertz CT molecular complexity index is 514. The average Bonchev–Trinajstić information content (AvgIpc) is 2.42. The molecule has 0 aliphatic heterocycles. The van der Waals surface area contributed by atoms with Gasteiger partial charge in [-0.25, -0.2) is 4.98 Å². The second kappa shape index (κ2) is 6.06. The second-order valence-electron chi connectivity index (χ2n) is 4.53. The van der Waals surface area contributed by atoms with Crippen molar-refractivity contribution in [1.29, 1.82) is 0 Å². The molecule has 0 saturated carbocycles. The topological polar surface area (TPSA) is 65.2 Å². The molecule has 0 aromatic carbocycles. The molecule has 4 nitrogen and oxygen atoms in total. The number of ether oxygens (including phenoxy) is 1. The van der Waals surface area contributed by atoms with Gasteiger partial charge in [0.2, 0.25) is 0 Å². The van der Waals surface area contributed by atoms with Gasteiger partial charge in [-0.05, 0) is 43.9 Å². The lowest BCUT2D eigenvalue weighted by Gasteiger charge is -2.20. The summed E-state index contributed by atoms with van der Waals surface area (Å²) in [6.07, 6.45) is 4.32. The molecule has 1 aromatic heterocycles. The van der Waals surface area contributed by atoms with Gasteiger partial charge in [0.1, 0.15) is 0 Å². The Morgan fingerprint density at radius 1 is 1.58 bits per heavy atom. The van der Waals surface area contributed by atoms with Gasteiger partial charge in [-0.15, -0.1) is 0 Å². The molecule has 0 spiro atoms. The Balaban J connectivity index is 2.08. The lowest BCUT2D eigenvalue weighted by Crippen LogP contribution is -2.19. The maximum absolute atomic E-state index is 11.6. The highest BCUT2D eigenvalue weighted by Gasteiger charge is 2.23. The minimum Gasteiger partial charge on any atom is -0.466 e. The number of nitrogen functional groups attached to an aromatic ring is 1. The second-order valence-corrected chi connectivity index (χ2v) is 4.89. The quantitative estimate of drug-likeness (QED) is 0.683. The lowest BCUT2D eigenvalue weighted by molar-refractivity contribution is -0.148. The van der Waals surface area contributed by atoms with Crippen LogP contribution in [-0.2, 0) is 9.53 Å². The Labute approximate surface area is 117 Å². The SMILES string of the molecule is CCOC(=O)C1CC=C(c2ccc(N)c(Cl)n2)CC1. The predicted octanol–water partition coefficient (Wildman–Crippen LogP) is 3.06. The maximum Gasteiger partial charge on any atom is 0.309 e. The smallest absolute Gasteiger partial charge is 0.309 e. The average molecular weight is 281 g/mol. The highest BCUT2D eigenvalue weighted by Crippen LogP contribution is 2.31. The van der Waals surface area contributed by atoms with E-state index in [1.54, 1.807) is 6.07 Å². The number of carbonyl (C=O) groups excluding carboxylic acids is 1. The van der Waals surface area contributed by atoms with Crippen molar-refractivity contribution in [3.05, 3.63) is 29.1 Å². The van der Waals surface area contributed by atoms with Crippen LogP contribution in [0, 0.1) is 5.92 Å². The van der Waals surface area contributed by atoms with E-state index >= 15 is 0 Å². The number of pyridine rings is 1. The third-order valence-corrected chi connectivity index (χ3v) is 3.54. The summed E-state index contributed by atoms with van der Waals surface area (Å²) >= 11 is 5.92. The van der Waals surface area contributed by atoms with E-state index in [-0.39, 0.29) is 11.9 Å². The fraction of sp³-hybridized carbons (Fsp3) is 0.429. The highest BCUT2D eigenvalue weighted by atomic mass is 35.5. The van der Waals surface area contributed by atoms with E-state index in [9.17, 15) is 4.79 Å². The van der Waals surface area contributed by atoms with Crippen molar-refractivity contribution in [2.75, 3.05) is 12.3 Å². The first-order valence-electron chi connectivity index (χ1n) is 6.40. The molecule has 1 atom stereocenters. The monoisotopic (exact) mass is 280 g/mol. The number of hydrogen-bond donors (Lipinski definition) is 1. The van der Waals surface area contributed by atoms with Crippen molar-refractivity contribution in [1.82, 2.24) is 4.98 Å². The normalized spacial score (nSPS) is 18.8. The van der Waals surface area contributed by atoms with Gasteiger partial charge in [0.15, 0.2) is 5.15 Å². The molecule has 0 fully saturated rings. The standard InChI is InChI=1S/C14H17ClN2O2/c1-2-19-14(18)10-5-3-9(4-6-10)12-8-7-11(16)13(15)17-12/h3,7-8,10H,2,4-6,16H2,1H3. The number of hydrogen-bond acceptors (Lipinski definition) is 4. The largest absolute Gasteiger partial charge is 0.466 e. The summed E-state index contributed by atoms with van der Waals surface area (Å²) in [5, 5.41) is 0.325. The zero-order valence-electron chi connectivity index (χ0n) is 10.9. The van der Waals surface area contributed by atoms with Crippen LogP contribution in [0.15, 0.2) is 18.2 Å². The molecule has 1 aliphatic carbocycles. The minimum atomic E-state index is -0.110. The van der Waals surface area contributed by atoms with Gasteiger partial charge in [-0.3, -0.25) is 4.79 Å². The fourth-order valence-corrected chi connectivity index (χ4v) is 2.32. The first-order valence-corrected chi connectivity index (χ1v) is 6.77. The molecule has 0 saturated heterocycles. The van der Waals surface area contributed by atoms with E-state index in [1.165, 1.54) is 0 Å². The van der Waals surface area contributed by atoms with Crippen LogP contribution in [0.2, 0.25) is 5.15 Å². The van der Waals surface area contributed by atoms with Crippen molar-refractivity contribution < 1.29 is 9.53 Å². The number of carbonyl (C=O) groups is 1. The molecule has 0 bridgehead atoms. The number of nitrogens with two attached hydrogens (primary N) is 1. The molecule has 102 valence electrons. The van der Waals surface area contributed by atoms with Gasteiger partial charge in [-0.2, -0.15) is 0 Å². The van der Waals surface area contributed by atoms with Crippen LogP contribution in [0.1, 0.15) is 31.9 Å². The summed E-state index contributed by atoms with van der Waals surface area (Å²) in [6.45, 7) is 2.25. The molecule has 1 unspecified atom stereocenters. The van der Waals surface area contributed by atoms with Crippen LogP contribution in [0.4, 0.5) is 5.69 Å². The van der Waals surface area contributed by atoms with E-state index in [1.807, 2.05) is 19.1 Å². The zero-order chi connectivity index (χ0) is 13.8. The fourth-order valence-electron chi connectivity index (χ4n) is 2.16. The number of rotatable bonds is 3. The van der Waals surface area contributed by atoms with E-state index in [0.717, 1.165) is 24.1 Å². The predicted molar refractivity (Wildman–Crippen MR) is 75.6 cm³/mol. The minimum absolute atomic E-state index is 0.0343. The third-order valence-electron chi connectivity index (χ3n) is 3.24. The summed E-state index contributed by atoms with van der Waals surface area (Å²) in [6, 6.07) is 3.61. The van der Waals surface area contributed by atoms with Crippen LogP contribution in [0.25, 0.3) is 5.57 Å². The molecule has 2 rings (SSSR count). The van der Waals surface area contributed by atoms with Gasteiger partial charge < -0.3 is 10.5 Å². The van der Waals surface area contributed by atoms with Crippen molar-refractivity contribution in [3.8, 4) is 0 Å². The first kappa shape index (κ1) is 13.9. The molecule has 2 N–H and O–H groups in total. The highest BCUT2D eigenvalue weighted by molar-refractivity contribution is 6.31. The summed E-state index contributed by atoms with van der Waals surface area (Å²) in [5.74, 6) is -0.144. The van der Waals surface area contributed by atoms with Crippen molar-refractivity contribution in [3.63, 3.8) is 0 Å². The molecular weight excluding hydrogens is 264 g/mol. The van der Waals surface area contributed by atoms with Gasteiger partial charge in [0, 0.05) is 0 Å². The number of halogens is 1. The van der Waals surface area contributed by atoms with Crippen LogP contribution in [0.5, 0.6) is 0 Å². The number of nitrogens with zero attached hydrogens (tertiary/aromatic N) is 1. The van der Waals surface area contributed by atoms with E-state index in [4.69, 9.17) is 22.1 Å². The Kier molecular flexibility index (Phi) is 4.43. The zero-order valence-corrected chi connectivity index (χ0v) is 11.6. The van der Waals surface area contributed by atoms with E-state index < -0.39 is 0 Å². The van der Waals surface area contributed by atoms with Crippen LogP contribution in [0.3, 0.4) is 0 Å². The molecule has 1 heterocycles. The Morgan fingerprint density at radius 3 is 2.95 bits per heavy atom. The van der Waals surface area contributed by atoms with Gasteiger partial charge in [0.05, 0.1) is 23.9 Å². The van der Waals surface area contributed by atoms with E-state index in [0.29, 0.717) is 23.9 Å². The number of anilines is 1. The number of esters is 1. The third kappa shape index (κ3) is 3.26. The molecular formula is C14H17ClN2O2. The maximum atomic E-state index is 11.6. The van der Waals surface area contributed by atoms with Crippen molar-refractivity contribution >= 4 is 28.8 Å². The van der Waals surface area contributed by atoms with Crippen LogP contribution < -0.4 is 5.73 Å². The van der Waals surface area contributed by atoms with Gasteiger partial charge >= 0.3 is 5.97 Å². The molecule has 1 aliphatic rings. The molecule has 5 heteroatoms. The summed E-state index contributed by atoms with van der Waals surface area (Å²) in [4.78, 5) is 15.9. The van der Waals surface area contributed by atoms with Gasteiger partial charge in [-0.1, -0.05) is 17.7 Å². The molecule has 1 aromatic rings. The lowest BCUT2D eigenvalue weighted by atomic mass is 9.88.